The van der Waals surface area contributed by atoms with Crippen LogP contribution in [0.3, 0.4) is 0 Å². The molecule has 1 aliphatic rings. The molecule has 0 atom stereocenters. The van der Waals surface area contributed by atoms with Gasteiger partial charge in [0.25, 0.3) is 5.91 Å². The number of piperidine rings is 1. The number of thiophene rings is 1. The molecule has 1 aliphatic heterocycles. The standard InChI is InChI=1S/C29H29ClN2O3S2/c1-37(34,35)32(20-23-7-9-25(30)10-8-23)26-11-12-27-24(18-26)19-28(36-27)29(33)31-15-13-22(14-16-31)17-21-5-3-2-4-6-21/h2-12,18-19,22H,13-17,20H2,1H3. The molecule has 1 aromatic heterocycles. The summed E-state index contributed by atoms with van der Waals surface area (Å²) in [5.41, 5.74) is 2.77. The highest BCUT2D eigenvalue weighted by Gasteiger charge is 2.25. The smallest absolute Gasteiger partial charge is 0.263 e. The van der Waals surface area contributed by atoms with Crippen molar-refractivity contribution in [3.8, 4) is 0 Å². The summed E-state index contributed by atoms with van der Waals surface area (Å²) in [6.45, 7) is 1.73. The first-order valence-electron chi connectivity index (χ1n) is 12.4. The molecule has 1 amide bonds. The van der Waals surface area contributed by atoms with Crippen LogP contribution in [0.2, 0.25) is 5.02 Å². The molecule has 0 N–H and O–H groups in total. The van der Waals surface area contributed by atoms with Gasteiger partial charge in [-0.15, -0.1) is 11.3 Å². The highest BCUT2D eigenvalue weighted by molar-refractivity contribution is 7.92. The lowest BCUT2D eigenvalue weighted by atomic mass is 9.90. The molecule has 1 fully saturated rings. The van der Waals surface area contributed by atoms with Crippen LogP contribution in [0.1, 0.15) is 33.6 Å². The van der Waals surface area contributed by atoms with E-state index in [1.165, 1.54) is 27.5 Å². The number of anilines is 1. The van der Waals surface area contributed by atoms with Crippen LogP contribution in [-0.2, 0) is 23.0 Å². The number of fused-ring (bicyclic) bond motifs is 1. The second kappa shape index (κ2) is 10.9. The largest absolute Gasteiger partial charge is 0.338 e. The van der Waals surface area contributed by atoms with E-state index in [0.29, 0.717) is 21.5 Å². The summed E-state index contributed by atoms with van der Waals surface area (Å²) in [5.74, 6) is 0.654. The third kappa shape index (κ3) is 6.17. The van der Waals surface area contributed by atoms with Crippen LogP contribution >= 0.6 is 22.9 Å². The lowest BCUT2D eigenvalue weighted by molar-refractivity contribution is 0.0695. The van der Waals surface area contributed by atoms with E-state index >= 15 is 0 Å². The van der Waals surface area contributed by atoms with Crippen LogP contribution in [0.25, 0.3) is 10.1 Å². The Morgan fingerprint density at radius 2 is 1.68 bits per heavy atom. The lowest BCUT2D eigenvalue weighted by Crippen LogP contribution is -2.38. The van der Waals surface area contributed by atoms with Crippen molar-refractivity contribution in [3.63, 3.8) is 0 Å². The van der Waals surface area contributed by atoms with Crippen LogP contribution in [0.5, 0.6) is 0 Å². The summed E-state index contributed by atoms with van der Waals surface area (Å²) >= 11 is 7.44. The summed E-state index contributed by atoms with van der Waals surface area (Å²) in [7, 11) is -3.52. The average Bonchev–Trinajstić information content (AvgIpc) is 3.32. The number of amides is 1. The highest BCUT2D eigenvalue weighted by Crippen LogP contribution is 2.33. The molecule has 8 heteroatoms. The minimum Gasteiger partial charge on any atom is -0.338 e. The van der Waals surface area contributed by atoms with E-state index in [1.54, 1.807) is 18.2 Å². The van der Waals surface area contributed by atoms with E-state index in [2.05, 4.69) is 24.3 Å². The molecular formula is C29H29ClN2O3S2. The second-order valence-electron chi connectivity index (χ2n) is 9.65. The van der Waals surface area contributed by atoms with Crippen molar-refractivity contribution in [1.29, 1.82) is 0 Å². The van der Waals surface area contributed by atoms with Gasteiger partial charge in [0.2, 0.25) is 10.0 Å². The number of carbonyl (C=O) groups excluding carboxylic acids is 1. The zero-order valence-electron chi connectivity index (χ0n) is 20.6. The summed E-state index contributed by atoms with van der Waals surface area (Å²) in [6, 6.07) is 25.1. The average molecular weight is 553 g/mol. The molecule has 5 rings (SSSR count). The van der Waals surface area contributed by atoms with E-state index in [4.69, 9.17) is 11.6 Å². The number of carbonyl (C=O) groups is 1. The van der Waals surface area contributed by atoms with E-state index in [9.17, 15) is 13.2 Å². The molecule has 37 heavy (non-hydrogen) atoms. The van der Waals surface area contributed by atoms with Crippen molar-refractivity contribution < 1.29 is 13.2 Å². The van der Waals surface area contributed by atoms with E-state index in [1.807, 2.05) is 41.3 Å². The van der Waals surface area contributed by atoms with Crippen LogP contribution < -0.4 is 4.31 Å². The Morgan fingerprint density at radius 1 is 0.973 bits per heavy atom. The first-order chi connectivity index (χ1) is 17.8. The van der Waals surface area contributed by atoms with E-state index in [-0.39, 0.29) is 12.5 Å². The summed E-state index contributed by atoms with van der Waals surface area (Å²) in [4.78, 5) is 15.9. The van der Waals surface area contributed by atoms with Crippen molar-refractivity contribution in [3.05, 3.63) is 99.9 Å². The number of benzene rings is 3. The first-order valence-corrected chi connectivity index (χ1v) is 15.4. The molecule has 0 unspecified atom stereocenters. The molecule has 3 aromatic carbocycles. The van der Waals surface area contributed by atoms with Gasteiger partial charge in [-0.05, 0) is 78.1 Å². The predicted molar refractivity (Wildman–Crippen MR) is 153 cm³/mol. The minimum atomic E-state index is -3.52. The lowest BCUT2D eigenvalue weighted by Gasteiger charge is -2.31. The Balaban J connectivity index is 1.30. The zero-order chi connectivity index (χ0) is 26.0. The molecule has 2 heterocycles. The maximum Gasteiger partial charge on any atom is 0.263 e. The molecule has 0 radical (unpaired) electrons. The number of rotatable bonds is 7. The molecule has 1 saturated heterocycles. The van der Waals surface area contributed by atoms with Gasteiger partial charge in [0, 0.05) is 22.8 Å². The Morgan fingerprint density at radius 3 is 2.35 bits per heavy atom. The predicted octanol–water partition coefficient (Wildman–Crippen LogP) is 6.62. The normalized spacial score (nSPS) is 14.7. The van der Waals surface area contributed by atoms with E-state index in [0.717, 1.165) is 48.0 Å². The van der Waals surface area contributed by atoms with E-state index < -0.39 is 10.0 Å². The van der Waals surface area contributed by atoms with Gasteiger partial charge in [-0.25, -0.2) is 8.42 Å². The SMILES string of the molecule is CS(=O)(=O)N(Cc1ccc(Cl)cc1)c1ccc2sc(C(=O)N3CCC(Cc4ccccc4)CC3)cc2c1. The Hall–Kier alpha value is -2.87. The van der Waals surface area contributed by atoms with Crippen LogP contribution in [0.4, 0.5) is 5.69 Å². The van der Waals surface area contributed by atoms with Gasteiger partial charge in [-0.2, -0.15) is 0 Å². The van der Waals surface area contributed by atoms with Gasteiger partial charge in [0.05, 0.1) is 23.4 Å². The fraction of sp³-hybridized carbons (Fsp3) is 0.276. The van der Waals surface area contributed by atoms with Crippen LogP contribution in [-0.4, -0.2) is 38.6 Å². The highest BCUT2D eigenvalue weighted by atomic mass is 35.5. The second-order valence-corrected chi connectivity index (χ2v) is 13.1. The molecule has 0 saturated carbocycles. The van der Waals surface area contributed by atoms with Crippen molar-refractivity contribution >= 4 is 54.6 Å². The summed E-state index contributed by atoms with van der Waals surface area (Å²) in [6.07, 6.45) is 4.27. The van der Waals surface area contributed by atoms with Crippen molar-refractivity contribution in [1.82, 2.24) is 4.90 Å². The van der Waals surface area contributed by atoms with Crippen LogP contribution in [0.15, 0.2) is 78.9 Å². The summed E-state index contributed by atoms with van der Waals surface area (Å²) in [5, 5.41) is 1.47. The number of nitrogens with zero attached hydrogens (tertiary/aromatic N) is 2. The molecular weight excluding hydrogens is 524 g/mol. The number of hydrogen-bond donors (Lipinski definition) is 0. The fourth-order valence-electron chi connectivity index (χ4n) is 4.89. The first kappa shape index (κ1) is 25.8. The molecule has 0 bridgehead atoms. The molecule has 5 nitrogen and oxygen atoms in total. The Bertz CT molecular complexity index is 1490. The van der Waals surface area contributed by atoms with Crippen molar-refractivity contribution in [2.45, 2.75) is 25.8 Å². The van der Waals surface area contributed by atoms with Gasteiger partial charge < -0.3 is 4.90 Å². The third-order valence-electron chi connectivity index (χ3n) is 6.91. The summed E-state index contributed by atoms with van der Waals surface area (Å²) < 4.78 is 27.6. The van der Waals surface area contributed by atoms with Gasteiger partial charge in [-0.1, -0.05) is 54.1 Å². The fourth-order valence-corrected chi connectivity index (χ4v) is 6.91. The third-order valence-corrected chi connectivity index (χ3v) is 9.40. The number of halogens is 1. The van der Waals surface area contributed by atoms with Gasteiger partial charge >= 0.3 is 0 Å². The number of sulfonamides is 1. The molecule has 4 aromatic rings. The Kier molecular flexibility index (Phi) is 7.56. The maximum atomic E-state index is 13.3. The van der Waals surface area contributed by atoms with Gasteiger partial charge in [-0.3, -0.25) is 9.10 Å². The molecule has 0 aliphatic carbocycles. The minimum absolute atomic E-state index is 0.0574. The number of hydrogen-bond acceptors (Lipinski definition) is 4. The Labute approximate surface area is 227 Å². The van der Waals surface area contributed by atoms with Gasteiger partial charge in [0.15, 0.2) is 0 Å². The molecule has 192 valence electrons. The van der Waals surface area contributed by atoms with Crippen molar-refractivity contribution in [2.24, 2.45) is 5.92 Å². The molecule has 0 spiro atoms. The maximum absolute atomic E-state index is 13.3. The van der Waals surface area contributed by atoms with Crippen molar-refractivity contribution in [2.75, 3.05) is 23.7 Å². The zero-order valence-corrected chi connectivity index (χ0v) is 23.0. The van der Waals surface area contributed by atoms with Crippen LogP contribution in [0, 0.1) is 5.92 Å². The van der Waals surface area contributed by atoms with Gasteiger partial charge in [0.1, 0.15) is 0 Å². The number of likely N-dealkylation sites (tertiary alicyclic amines) is 1. The quantitative estimate of drug-likeness (QED) is 0.259. The monoisotopic (exact) mass is 552 g/mol. The topological polar surface area (TPSA) is 57.7 Å².